The third kappa shape index (κ3) is 5.73. The fraction of sp³-hybridized carbons (Fsp3) is 0.0577. The summed E-state index contributed by atoms with van der Waals surface area (Å²) in [6, 6.07) is 62.9. The van der Waals surface area contributed by atoms with Gasteiger partial charge in [-0.15, -0.1) is 0 Å². The van der Waals surface area contributed by atoms with Crippen molar-refractivity contribution in [2.75, 3.05) is 0 Å². The monoisotopic (exact) mass is 703 g/mol. The summed E-state index contributed by atoms with van der Waals surface area (Å²) in [6.07, 6.45) is 3.69. The van der Waals surface area contributed by atoms with Gasteiger partial charge in [0.15, 0.2) is 5.82 Å². The predicted octanol–water partition coefficient (Wildman–Crippen LogP) is 13.3. The first-order chi connectivity index (χ1) is 27.0. The van der Waals surface area contributed by atoms with Crippen LogP contribution in [-0.2, 0) is 5.41 Å². The van der Waals surface area contributed by atoms with Crippen molar-refractivity contribution < 1.29 is 0 Å². The summed E-state index contributed by atoms with van der Waals surface area (Å²) in [5.74, 6) is 0.700. The average molecular weight is 704 g/mol. The Bertz CT molecular complexity index is 2870. The van der Waals surface area contributed by atoms with Crippen molar-refractivity contribution >= 4 is 10.8 Å². The minimum absolute atomic E-state index is 0.00975. The van der Waals surface area contributed by atoms with Crippen LogP contribution < -0.4 is 0 Å². The van der Waals surface area contributed by atoms with E-state index in [1.807, 2.05) is 30.5 Å². The highest BCUT2D eigenvalue weighted by molar-refractivity contribution is 6.05. The summed E-state index contributed by atoms with van der Waals surface area (Å²) >= 11 is 0. The summed E-state index contributed by atoms with van der Waals surface area (Å²) in [6.45, 7) is 4.66. The van der Waals surface area contributed by atoms with Crippen LogP contribution >= 0.6 is 0 Å². The maximum atomic E-state index is 5.21. The summed E-state index contributed by atoms with van der Waals surface area (Å²) in [7, 11) is 0. The lowest BCUT2D eigenvalue weighted by Gasteiger charge is -2.21. The standard InChI is InChI=1S/C52H37N3/c1-52(2)47-20-9-8-19-44(47)46-31-38(25-28-48(46)52)37-14-10-15-39(30-37)41-26-27-45(43-18-7-6-17-42(41)43)50-32-49(54-51(55-50)36-12-4-3-5-13-36)35-23-21-34(22-24-35)40-16-11-29-53-33-40/h3-33H,1-2H3. The van der Waals surface area contributed by atoms with E-state index in [1.165, 1.54) is 49.9 Å². The maximum absolute atomic E-state index is 5.21. The van der Waals surface area contributed by atoms with Crippen LogP contribution in [0.1, 0.15) is 25.0 Å². The van der Waals surface area contributed by atoms with E-state index in [1.54, 1.807) is 6.20 Å². The highest BCUT2D eigenvalue weighted by atomic mass is 14.9. The summed E-state index contributed by atoms with van der Waals surface area (Å²) < 4.78 is 0. The molecule has 0 aliphatic heterocycles. The largest absolute Gasteiger partial charge is 0.264 e. The van der Waals surface area contributed by atoms with Crippen LogP contribution in [0.4, 0.5) is 0 Å². The molecular weight excluding hydrogens is 667 g/mol. The molecule has 10 rings (SSSR count). The zero-order valence-electron chi connectivity index (χ0n) is 30.7. The first kappa shape index (κ1) is 32.7. The summed E-state index contributed by atoms with van der Waals surface area (Å²) in [4.78, 5) is 14.6. The van der Waals surface area contributed by atoms with Crippen molar-refractivity contribution in [1.29, 1.82) is 0 Å². The van der Waals surface area contributed by atoms with Crippen LogP contribution in [0.3, 0.4) is 0 Å². The van der Waals surface area contributed by atoms with Gasteiger partial charge in [0, 0.05) is 34.5 Å². The molecule has 3 heteroatoms. The fourth-order valence-electron chi connectivity index (χ4n) is 8.36. The molecule has 9 aromatic rings. The molecule has 0 unspecified atom stereocenters. The third-order valence-electron chi connectivity index (χ3n) is 11.2. The quantitative estimate of drug-likeness (QED) is 0.173. The average Bonchev–Trinajstić information content (AvgIpc) is 3.49. The molecule has 0 atom stereocenters. The molecule has 55 heavy (non-hydrogen) atoms. The van der Waals surface area contributed by atoms with Crippen molar-refractivity contribution in [3.63, 3.8) is 0 Å². The summed E-state index contributed by atoms with van der Waals surface area (Å²) in [5.41, 5.74) is 17.3. The Morgan fingerprint density at radius 2 is 0.982 bits per heavy atom. The van der Waals surface area contributed by atoms with Gasteiger partial charge in [-0.05, 0) is 90.7 Å². The third-order valence-corrected chi connectivity index (χ3v) is 11.2. The molecule has 0 amide bonds. The van der Waals surface area contributed by atoms with Crippen LogP contribution in [0.25, 0.3) is 89.2 Å². The van der Waals surface area contributed by atoms with Crippen LogP contribution in [0.15, 0.2) is 188 Å². The molecule has 260 valence electrons. The minimum Gasteiger partial charge on any atom is -0.264 e. The van der Waals surface area contributed by atoms with Crippen molar-refractivity contribution in [2.24, 2.45) is 0 Å². The first-order valence-corrected chi connectivity index (χ1v) is 18.8. The fourth-order valence-corrected chi connectivity index (χ4v) is 8.36. The number of aromatic nitrogens is 3. The van der Waals surface area contributed by atoms with Gasteiger partial charge in [-0.3, -0.25) is 4.98 Å². The maximum Gasteiger partial charge on any atom is 0.160 e. The van der Waals surface area contributed by atoms with E-state index in [-0.39, 0.29) is 5.41 Å². The molecule has 0 N–H and O–H groups in total. The molecule has 0 fully saturated rings. The first-order valence-electron chi connectivity index (χ1n) is 18.8. The second-order valence-corrected chi connectivity index (χ2v) is 14.9. The van der Waals surface area contributed by atoms with Gasteiger partial charge < -0.3 is 0 Å². The molecule has 1 aliphatic carbocycles. The number of benzene rings is 7. The van der Waals surface area contributed by atoms with Crippen LogP contribution in [0.5, 0.6) is 0 Å². The molecule has 3 nitrogen and oxygen atoms in total. The Hall–Kier alpha value is -6.97. The number of hydrogen-bond donors (Lipinski definition) is 0. The Balaban J connectivity index is 1.07. The van der Waals surface area contributed by atoms with Crippen molar-refractivity contribution in [1.82, 2.24) is 15.0 Å². The second kappa shape index (κ2) is 13.2. The SMILES string of the molecule is CC1(C)c2ccccc2-c2cc(-c3cccc(-c4ccc(-c5cc(-c6ccc(-c7cccnc7)cc6)nc(-c6ccccc6)n5)c5ccccc45)c3)ccc21. The van der Waals surface area contributed by atoms with Gasteiger partial charge >= 0.3 is 0 Å². The normalized spacial score (nSPS) is 12.7. The van der Waals surface area contributed by atoms with Gasteiger partial charge in [0.05, 0.1) is 11.4 Å². The lowest BCUT2D eigenvalue weighted by Crippen LogP contribution is -2.14. The zero-order valence-corrected chi connectivity index (χ0v) is 30.7. The van der Waals surface area contributed by atoms with Crippen LogP contribution in [0, 0.1) is 0 Å². The van der Waals surface area contributed by atoms with E-state index in [9.17, 15) is 0 Å². The molecule has 0 bridgehead atoms. The van der Waals surface area contributed by atoms with Gasteiger partial charge in [-0.1, -0.05) is 166 Å². The Morgan fingerprint density at radius 3 is 1.80 bits per heavy atom. The summed E-state index contributed by atoms with van der Waals surface area (Å²) in [5, 5.41) is 2.33. The number of hydrogen-bond acceptors (Lipinski definition) is 3. The number of rotatable bonds is 6. The predicted molar refractivity (Wildman–Crippen MR) is 228 cm³/mol. The van der Waals surface area contributed by atoms with E-state index in [4.69, 9.17) is 9.97 Å². The number of fused-ring (bicyclic) bond motifs is 4. The van der Waals surface area contributed by atoms with E-state index >= 15 is 0 Å². The molecule has 0 saturated carbocycles. The van der Waals surface area contributed by atoms with E-state index in [2.05, 4.69) is 170 Å². The molecular formula is C52H37N3. The van der Waals surface area contributed by atoms with E-state index < -0.39 is 0 Å². The van der Waals surface area contributed by atoms with Gasteiger partial charge in [-0.25, -0.2) is 9.97 Å². The molecule has 7 aromatic carbocycles. The number of pyridine rings is 1. The Morgan fingerprint density at radius 1 is 0.364 bits per heavy atom. The van der Waals surface area contributed by atoms with Crippen molar-refractivity contribution in [3.05, 3.63) is 199 Å². The highest BCUT2D eigenvalue weighted by Crippen LogP contribution is 2.49. The van der Waals surface area contributed by atoms with E-state index in [0.717, 1.165) is 44.6 Å². The van der Waals surface area contributed by atoms with E-state index in [0.29, 0.717) is 5.82 Å². The smallest absolute Gasteiger partial charge is 0.160 e. The number of nitrogens with zero attached hydrogens (tertiary/aromatic N) is 3. The lowest BCUT2D eigenvalue weighted by atomic mass is 9.82. The zero-order chi connectivity index (χ0) is 36.9. The second-order valence-electron chi connectivity index (χ2n) is 14.9. The van der Waals surface area contributed by atoms with Crippen molar-refractivity contribution in [2.45, 2.75) is 19.3 Å². The molecule has 2 aromatic heterocycles. The molecule has 0 spiro atoms. The van der Waals surface area contributed by atoms with Gasteiger partial charge in [0.1, 0.15) is 0 Å². The van der Waals surface area contributed by atoms with Crippen LogP contribution in [0.2, 0.25) is 0 Å². The lowest BCUT2D eigenvalue weighted by molar-refractivity contribution is 0.660. The minimum atomic E-state index is -0.00975. The van der Waals surface area contributed by atoms with Crippen LogP contribution in [-0.4, -0.2) is 15.0 Å². The molecule has 0 saturated heterocycles. The van der Waals surface area contributed by atoms with Gasteiger partial charge in [0.2, 0.25) is 0 Å². The van der Waals surface area contributed by atoms with Crippen molar-refractivity contribution in [3.8, 4) is 78.4 Å². The molecule has 2 heterocycles. The molecule has 0 radical (unpaired) electrons. The van der Waals surface area contributed by atoms with Gasteiger partial charge in [-0.2, -0.15) is 0 Å². The highest BCUT2D eigenvalue weighted by Gasteiger charge is 2.35. The Kier molecular flexibility index (Phi) is 7.81. The molecule has 1 aliphatic rings. The van der Waals surface area contributed by atoms with Gasteiger partial charge in [0.25, 0.3) is 0 Å². The Labute approximate surface area is 321 Å². The topological polar surface area (TPSA) is 38.7 Å².